The van der Waals surface area contributed by atoms with E-state index in [2.05, 4.69) is 10.6 Å². The molecular weight excluding hydrogens is 329 g/mol. The van der Waals surface area contributed by atoms with Gasteiger partial charge < -0.3 is 10.6 Å². The van der Waals surface area contributed by atoms with Crippen molar-refractivity contribution >= 4 is 17.5 Å². The van der Waals surface area contributed by atoms with Crippen LogP contribution in [0.15, 0.2) is 48.5 Å². The standard InChI is InChI=1S/C17H16FN3O4/c1-11(16(22)19-10-13-5-2-3-8-15(13)18)20-17(23)12-6-4-7-14(9-12)21(24)25/h2-9,11H,10H2,1H3,(H,19,22)(H,20,23). The van der Waals surface area contributed by atoms with Crippen LogP contribution >= 0.6 is 0 Å². The molecule has 0 aliphatic rings. The number of hydrogen-bond acceptors (Lipinski definition) is 4. The summed E-state index contributed by atoms with van der Waals surface area (Å²) in [6.07, 6.45) is 0. The van der Waals surface area contributed by atoms with E-state index in [9.17, 15) is 24.1 Å². The normalized spacial score (nSPS) is 11.4. The second-order valence-electron chi connectivity index (χ2n) is 5.31. The molecule has 0 heterocycles. The molecule has 1 unspecified atom stereocenters. The second kappa shape index (κ2) is 8.00. The highest BCUT2D eigenvalue weighted by Crippen LogP contribution is 2.13. The molecule has 0 aliphatic carbocycles. The first-order valence-electron chi connectivity index (χ1n) is 7.45. The SMILES string of the molecule is CC(NC(=O)c1cccc([N+](=O)[O-])c1)C(=O)NCc1ccccc1F. The summed E-state index contributed by atoms with van der Waals surface area (Å²) < 4.78 is 13.5. The van der Waals surface area contributed by atoms with Crippen molar-refractivity contribution in [2.24, 2.45) is 0 Å². The third-order valence-electron chi connectivity index (χ3n) is 3.47. The summed E-state index contributed by atoms with van der Waals surface area (Å²) in [5.41, 5.74) is 0.181. The molecule has 0 aliphatic heterocycles. The summed E-state index contributed by atoms with van der Waals surface area (Å²) in [6.45, 7) is 1.45. The zero-order chi connectivity index (χ0) is 18.4. The number of nitrogens with zero attached hydrogens (tertiary/aromatic N) is 1. The topological polar surface area (TPSA) is 101 Å². The first-order chi connectivity index (χ1) is 11.9. The molecule has 0 spiro atoms. The molecular formula is C17H16FN3O4. The van der Waals surface area contributed by atoms with Crippen LogP contribution in [0.1, 0.15) is 22.8 Å². The maximum atomic E-state index is 13.5. The van der Waals surface area contributed by atoms with Crippen LogP contribution in [0.2, 0.25) is 0 Å². The van der Waals surface area contributed by atoms with Crippen LogP contribution in [0, 0.1) is 15.9 Å². The maximum absolute atomic E-state index is 13.5. The zero-order valence-corrected chi connectivity index (χ0v) is 13.4. The van der Waals surface area contributed by atoms with Crippen molar-refractivity contribution in [1.29, 1.82) is 0 Å². The number of nitrogens with one attached hydrogen (secondary N) is 2. The number of carbonyl (C=O) groups excluding carboxylic acids is 2. The van der Waals surface area contributed by atoms with Crippen molar-refractivity contribution in [3.05, 3.63) is 75.6 Å². The largest absolute Gasteiger partial charge is 0.350 e. The number of benzene rings is 2. The number of halogens is 1. The first kappa shape index (κ1) is 18.1. The molecule has 2 N–H and O–H groups in total. The number of rotatable bonds is 6. The summed E-state index contributed by atoms with van der Waals surface area (Å²) in [4.78, 5) is 34.2. The summed E-state index contributed by atoms with van der Waals surface area (Å²) in [5.74, 6) is -1.55. The number of nitro groups is 1. The Morgan fingerprint density at radius 3 is 2.60 bits per heavy atom. The van der Waals surface area contributed by atoms with Crippen LogP contribution in [0.5, 0.6) is 0 Å². The molecule has 25 heavy (non-hydrogen) atoms. The van der Waals surface area contributed by atoms with Crippen LogP contribution in [0.4, 0.5) is 10.1 Å². The molecule has 8 heteroatoms. The van der Waals surface area contributed by atoms with Crippen molar-refractivity contribution in [1.82, 2.24) is 10.6 Å². The Hall–Kier alpha value is -3.29. The molecule has 0 bridgehead atoms. The van der Waals surface area contributed by atoms with Gasteiger partial charge in [-0.25, -0.2) is 4.39 Å². The average Bonchev–Trinajstić information content (AvgIpc) is 2.60. The van der Waals surface area contributed by atoms with E-state index < -0.39 is 28.6 Å². The van der Waals surface area contributed by atoms with Crippen LogP contribution in [0.3, 0.4) is 0 Å². The molecule has 0 saturated heterocycles. The van der Waals surface area contributed by atoms with Crippen molar-refractivity contribution in [2.75, 3.05) is 0 Å². The second-order valence-corrected chi connectivity index (χ2v) is 5.31. The molecule has 2 aromatic rings. The lowest BCUT2D eigenvalue weighted by Gasteiger charge is -2.14. The van der Waals surface area contributed by atoms with E-state index in [4.69, 9.17) is 0 Å². The van der Waals surface area contributed by atoms with Gasteiger partial charge >= 0.3 is 0 Å². The molecule has 1 atom stereocenters. The first-order valence-corrected chi connectivity index (χ1v) is 7.45. The maximum Gasteiger partial charge on any atom is 0.270 e. The minimum Gasteiger partial charge on any atom is -0.350 e. The fourth-order valence-electron chi connectivity index (χ4n) is 2.08. The molecule has 0 fully saturated rings. The number of amides is 2. The number of hydrogen-bond donors (Lipinski definition) is 2. The van der Waals surface area contributed by atoms with Crippen molar-refractivity contribution < 1.29 is 18.9 Å². The number of non-ortho nitro benzene ring substituents is 1. The lowest BCUT2D eigenvalue weighted by atomic mass is 10.1. The Kier molecular flexibility index (Phi) is 5.78. The van der Waals surface area contributed by atoms with Gasteiger partial charge in [-0.2, -0.15) is 0 Å². The molecule has 0 saturated carbocycles. The third kappa shape index (κ3) is 4.84. The molecule has 2 aromatic carbocycles. The molecule has 130 valence electrons. The lowest BCUT2D eigenvalue weighted by Crippen LogP contribution is -2.44. The Bertz CT molecular complexity index is 810. The average molecular weight is 345 g/mol. The van der Waals surface area contributed by atoms with Gasteiger partial charge in [0.25, 0.3) is 11.6 Å². The van der Waals surface area contributed by atoms with Gasteiger partial charge in [0.15, 0.2) is 0 Å². The highest BCUT2D eigenvalue weighted by atomic mass is 19.1. The smallest absolute Gasteiger partial charge is 0.270 e. The van der Waals surface area contributed by atoms with Crippen LogP contribution in [-0.2, 0) is 11.3 Å². The summed E-state index contributed by atoms with van der Waals surface area (Å²) >= 11 is 0. The van der Waals surface area contributed by atoms with E-state index in [1.54, 1.807) is 18.2 Å². The molecule has 0 aromatic heterocycles. The third-order valence-corrected chi connectivity index (χ3v) is 3.47. The van der Waals surface area contributed by atoms with Gasteiger partial charge in [0.2, 0.25) is 5.91 Å². The van der Waals surface area contributed by atoms with Gasteiger partial charge in [0.05, 0.1) is 4.92 Å². The Labute approximate surface area is 143 Å². The van der Waals surface area contributed by atoms with Gasteiger partial charge in [0.1, 0.15) is 11.9 Å². The monoisotopic (exact) mass is 345 g/mol. The van der Waals surface area contributed by atoms with E-state index in [1.807, 2.05) is 0 Å². The van der Waals surface area contributed by atoms with E-state index >= 15 is 0 Å². The highest BCUT2D eigenvalue weighted by molar-refractivity contribution is 5.97. The van der Waals surface area contributed by atoms with Crippen molar-refractivity contribution in [3.63, 3.8) is 0 Å². The quantitative estimate of drug-likeness (QED) is 0.619. The van der Waals surface area contributed by atoms with Crippen molar-refractivity contribution in [3.8, 4) is 0 Å². The van der Waals surface area contributed by atoms with E-state index in [0.29, 0.717) is 5.56 Å². The van der Waals surface area contributed by atoms with Gasteiger partial charge in [-0.05, 0) is 19.1 Å². The number of nitro benzene ring substituents is 1. The fraction of sp³-hybridized carbons (Fsp3) is 0.176. The molecule has 2 amide bonds. The fourth-order valence-corrected chi connectivity index (χ4v) is 2.08. The Morgan fingerprint density at radius 2 is 1.92 bits per heavy atom. The van der Waals surface area contributed by atoms with Crippen LogP contribution < -0.4 is 10.6 Å². The van der Waals surface area contributed by atoms with E-state index in [-0.39, 0.29) is 17.8 Å². The zero-order valence-electron chi connectivity index (χ0n) is 13.4. The van der Waals surface area contributed by atoms with Crippen molar-refractivity contribution in [2.45, 2.75) is 19.5 Å². The summed E-state index contributed by atoms with van der Waals surface area (Å²) in [6, 6.07) is 10.3. The van der Waals surface area contributed by atoms with Gasteiger partial charge in [0, 0.05) is 29.8 Å². The predicted molar refractivity (Wildman–Crippen MR) is 88.3 cm³/mol. The van der Waals surface area contributed by atoms with Crippen LogP contribution in [-0.4, -0.2) is 22.8 Å². The Morgan fingerprint density at radius 1 is 1.20 bits per heavy atom. The van der Waals surface area contributed by atoms with Gasteiger partial charge in [-0.1, -0.05) is 24.3 Å². The Balaban J connectivity index is 1.94. The van der Waals surface area contributed by atoms with Crippen LogP contribution in [0.25, 0.3) is 0 Å². The summed E-state index contributed by atoms with van der Waals surface area (Å²) in [7, 11) is 0. The van der Waals surface area contributed by atoms with Gasteiger partial charge in [-0.15, -0.1) is 0 Å². The lowest BCUT2D eigenvalue weighted by molar-refractivity contribution is -0.384. The molecule has 0 radical (unpaired) electrons. The van der Waals surface area contributed by atoms with Gasteiger partial charge in [-0.3, -0.25) is 19.7 Å². The number of carbonyl (C=O) groups is 2. The predicted octanol–water partition coefficient (Wildman–Crippen LogP) is 2.17. The minimum absolute atomic E-state index is 0.0114. The summed E-state index contributed by atoms with van der Waals surface area (Å²) in [5, 5.41) is 15.7. The molecule has 2 rings (SSSR count). The highest BCUT2D eigenvalue weighted by Gasteiger charge is 2.18. The molecule has 7 nitrogen and oxygen atoms in total. The van der Waals surface area contributed by atoms with E-state index in [0.717, 1.165) is 6.07 Å². The van der Waals surface area contributed by atoms with E-state index in [1.165, 1.54) is 31.2 Å². The minimum atomic E-state index is -0.890.